The van der Waals surface area contributed by atoms with E-state index in [0.29, 0.717) is 0 Å². The number of hydrazine groups is 1. The molecule has 0 saturated heterocycles. The van der Waals surface area contributed by atoms with Crippen LogP contribution in [0.25, 0.3) is 10.8 Å². The molecular weight excluding hydrogens is 160 g/mol. The highest BCUT2D eigenvalue weighted by molar-refractivity contribution is 6.07. The molecule has 1 N–H and O–H groups in total. The van der Waals surface area contributed by atoms with Crippen molar-refractivity contribution in [2.75, 3.05) is 17.5 Å². The van der Waals surface area contributed by atoms with Crippen LogP contribution in [0.2, 0.25) is 0 Å². The summed E-state index contributed by atoms with van der Waals surface area (Å²) in [7, 11) is 2.04. The van der Waals surface area contributed by atoms with E-state index in [2.05, 4.69) is 46.8 Å². The van der Waals surface area contributed by atoms with Crippen molar-refractivity contribution in [3.63, 3.8) is 0 Å². The Morgan fingerprint density at radius 3 is 2.69 bits per heavy atom. The molecule has 0 unspecified atom stereocenters. The number of nitrogens with zero attached hydrogens (tertiary/aromatic N) is 1. The van der Waals surface area contributed by atoms with Crippen molar-refractivity contribution < 1.29 is 0 Å². The number of hydrogen-bond donors (Lipinski definition) is 1. The Labute approximate surface area is 76.8 Å². The Morgan fingerprint density at radius 1 is 1.08 bits per heavy atom. The third kappa shape index (κ3) is 0.773. The van der Waals surface area contributed by atoms with Crippen LogP contribution in [0.1, 0.15) is 0 Å². The summed E-state index contributed by atoms with van der Waals surface area (Å²) in [4.78, 5) is 0. The third-order valence-corrected chi connectivity index (χ3v) is 2.53. The van der Waals surface area contributed by atoms with Crippen molar-refractivity contribution in [2.45, 2.75) is 0 Å². The van der Waals surface area contributed by atoms with Crippen LogP contribution in [0.4, 0.5) is 11.4 Å². The Morgan fingerprint density at radius 2 is 1.85 bits per heavy atom. The number of nitrogens with one attached hydrogen (secondary N) is 1. The van der Waals surface area contributed by atoms with Crippen LogP contribution in [0.3, 0.4) is 0 Å². The summed E-state index contributed by atoms with van der Waals surface area (Å²) < 4.78 is 0. The Hall–Kier alpha value is -1.70. The second-order valence-corrected chi connectivity index (χ2v) is 3.35. The van der Waals surface area contributed by atoms with Crippen LogP contribution in [-0.4, -0.2) is 7.05 Å². The second-order valence-electron chi connectivity index (χ2n) is 3.35. The van der Waals surface area contributed by atoms with E-state index in [1.54, 1.807) is 0 Å². The first-order chi connectivity index (χ1) is 6.36. The molecule has 1 heterocycles. The number of hydrogen-bond acceptors (Lipinski definition) is 2. The van der Waals surface area contributed by atoms with E-state index in [1.165, 1.54) is 22.1 Å². The van der Waals surface area contributed by atoms with Gasteiger partial charge in [-0.2, -0.15) is 0 Å². The second kappa shape index (κ2) is 2.16. The maximum Gasteiger partial charge on any atom is 0.0668 e. The van der Waals surface area contributed by atoms with Gasteiger partial charge >= 0.3 is 0 Å². The number of anilines is 2. The molecule has 2 aromatic carbocycles. The van der Waals surface area contributed by atoms with Crippen molar-refractivity contribution in [1.82, 2.24) is 0 Å². The first-order valence-electron chi connectivity index (χ1n) is 4.38. The highest BCUT2D eigenvalue weighted by atomic mass is 15.5. The first-order valence-corrected chi connectivity index (χ1v) is 4.38. The van der Waals surface area contributed by atoms with Gasteiger partial charge in [0.1, 0.15) is 0 Å². The van der Waals surface area contributed by atoms with Crippen LogP contribution < -0.4 is 10.4 Å². The van der Waals surface area contributed by atoms with Gasteiger partial charge in [0.2, 0.25) is 0 Å². The van der Waals surface area contributed by atoms with Crippen LogP contribution in [0.5, 0.6) is 0 Å². The number of benzene rings is 2. The Bertz CT molecular complexity index is 471. The van der Waals surface area contributed by atoms with Gasteiger partial charge in [-0.3, -0.25) is 10.4 Å². The van der Waals surface area contributed by atoms with Crippen LogP contribution in [0.15, 0.2) is 36.4 Å². The minimum absolute atomic E-state index is 1.20. The summed E-state index contributed by atoms with van der Waals surface area (Å²) in [6.45, 7) is 0. The molecule has 13 heavy (non-hydrogen) atoms. The highest BCUT2D eigenvalue weighted by Gasteiger charge is 2.16. The molecule has 0 fully saturated rings. The Kier molecular flexibility index (Phi) is 1.13. The predicted octanol–water partition coefficient (Wildman–Crippen LogP) is 2.62. The lowest BCUT2D eigenvalue weighted by molar-refractivity contribution is 1.13. The fourth-order valence-corrected chi connectivity index (χ4v) is 1.93. The molecule has 0 spiro atoms. The fourth-order valence-electron chi connectivity index (χ4n) is 1.93. The van der Waals surface area contributed by atoms with Crippen LogP contribution in [0, 0.1) is 0 Å². The smallest absolute Gasteiger partial charge is 0.0668 e. The molecule has 2 heteroatoms. The molecule has 0 amide bonds. The zero-order valence-corrected chi connectivity index (χ0v) is 7.41. The Balaban J connectivity index is 2.51. The summed E-state index contributed by atoms with van der Waals surface area (Å²) in [5, 5.41) is 4.68. The molecule has 2 nitrogen and oxygen atoms in total. The summed E-state index contributed by atoms with van der Waals surface area (Å²) in [5.41, 5.74) is 5.77. The van der Waals surface area contributed by atoms with Gasteiger partial charge in [-0.25, -0.2) is 0 Å². The minimum Gasteiger partial charge on any atom is -0.298 e. The van der Waals surface area contributed by atoms with Crippen molar-refractivity contribution in [2.24, 2.45) is 0 Å². The predicted molar refractivity (Wildman–Crippen MR) is 56.0 cm³/mol. The van der Waals surface area contributed by atoms with Gasteiger partial charge in [-0.05, 0) is 17.5 Å². The normalized spacial score (nSPS) is 13.5. The van der Waals surface area contributed by atoms with E-state index in [1.807, 2.05) is 7.05 Å². The fraction of sp³-hybridized carbons (Fsp3) is 0.0909. The topological polar surface area (TPSA) is 15.3 Å². The molecule has 1 aliphatic rings. The lowest BCUT2D eigenvalue weighted by atomic mass is 10.1. The van der Waals surface area contributed by atoms with Crippen molar-refractivity contribution in [1.29, 1.82) is 0 Å². The summed E-state index contributed by atoms with van der Waals surface area (Å²) in [6, 6.07) is 12.7. The van der Waals surface area contributed by atoms with Gasteiger partial charge in [-0.15, -0.1) is 0 Å². The molecule has 0 saturated carbocycles. The first kappa shape index (κ1) is 6.78. The maximum atomic E-state index is 3.30. The van der Waals surface area contributed by atoms with Gasteiger partial charge in [0.25, 0.3) is 0 Å². The van der Waals surface area contributed by atoms with Crippen molar-refractivity contribution in [3.05, 3.63) is 36.4 Å². The third-order valence-electron chi connectivity index (χ3n) is 2.53. The zero-order valence-electron chi connectivity index (χ0n) is 7.41. The van der Waals surface area contributed by atoms with E-state index >= 15 is 0 Å². The van der Waals surface area contributed by atoms with Gasteiger partial charge < -0.3 is 0 Å². The van der Waals surface area contributed by atoms with E-state index in [9.17, 15) is 0 Å². The molecule has 0 aliphatic carbocycles. The maximum absolute atomic E-state index is 3.30. The monoisotopic (exact) mass is 170 g/mol. The molecule has 2 aromatic rings. The quantitative estimate of drug-likeness (QED) is 0.653. The molecule has 0 atom stereocenters. The molecule has 0 radical (unpaired) electrons. The van der Waals surface area contributed by atoms with E-state index in [4.69, 9.17) is 0 Å². The van der Waals surface area contributed by atoms with Crippen LogP contribution >= 0.6 is 0 Å². The molecular formula is C11H10N2. The van der Waals surface area contributed by atoms with E-state index < -0.39 is 0 Å². The molecule has 0 aromatic heterocycles. The average molecular weight is 170 g/mol. The van der Waals surface area contributed by atoms with Gasteiger partial charge in [-0.1, -0.05) is 24.3 Å². The van der Waals surface area contributed by atoms with Gasteiger partial charge in [0.15, 0.2) is 0 Å². The van der Waals surface area contributed by atoms with Gasteiger partial charge in [0, 0.05) is 12.4 Å². The van der Waals surface area contributed by atoms with Crippen molar-refractivity contribution in [3.8, 4) is 0 Å². The summed E-state index contributed by atoms with van der Waals surface area (Å²) in [5.74, 6) is 0. The lowest BCUT2D eigenvalue weighted by Gasteiger charge is -2.12. The number of rotatable bonds is 0. The SMILES string of the molecule is CN1Nc2cccc3cccc1c23. The van der Waals surface area contributed by atoms with Crippen molar-refractivity contribution >= 4 is 22.1 Å². The molecule has 1 aliphatic heterocycles. The van der Waals surface area contributed by atoms with E-state index in [0.717, 1.165) is 0 Å². The lowest BCUT2D eigenvalue weighted by Crippen LogP contribution is -2.19. The zero-order chi connectivity index (χ0) is 8.84. The molecule has 3 rings (SSSR count). The largest absolute Gasteiger partial charge is 0.298 e. The van der Waals surface area contributed by atoms with Gasteiger partial charge in [0.05, 0.1) is 11.4 Å². The summed E-state index contributed by atoms with van der Waals surface area (Å²) in [6.07, 6.45) is 0. The minimum atomic E-state index is 1.20. The molecule has 0 bridgehead atoms. The standard InChI is InChI=1S/C11H10N2/c1-13-10-7-3-5-8-4-2-6-9(12-13)11(8)10/h2-7,12H,1H3. The summed E-state index contributed by atoms with van der Waals surface area (Å²) >= 11 is 0. The highest BCUT2D eigenvalue weighted by Crippen LogP contribution is 2.37. The van der Waals surface area contributed by atoms with E-state index in [-0.39, 0.29) is 0 Å². The average Bonchev–Trinajstić information content (AvgIpc) is 2.47. The molecule has 64 valence electrons. The van der Waals surface area contributed by atoms with Crippen LogP contribution in [-0.2, 0) is 0 Å².